The van der Waals surface area contributed by atoms with Crippen LogP contribution < -0.4 is 4.74 Å². The predicted octanol–water partition coefficient (Wildman–Crippen LogP) is 4.81. The van der Waals surface area contributed by atoms with E-state index in [9.17, 15) is 9.90 Å². The molecule has 0 saturated carbocycles. The Morgan fingerprint density at radius 2 is 2.23 bits per heavy atom. The van der Waals surface area contributed by atoms with E-state index in [1.54, 1.807) is 7.11 Å². The molecule has 2 unspecified atom stereocenters. The SMILES string of the molecule is COc1c(C(C)Cl)cc(Cl)c(C)c1C1CCCN(C(=O)O)C1. The summed E-state index contributed by atoms with van der Waals surface area (Å²) < 4.78 is 5.61. The minimum atomic E-state index is -0.880. The average molecular weight is 346 g/mol. The Labute approximate surface area is 141 Å². The summed E-state index contributed by atoms with van der Waals surface area (Å²) in [5, 5.41) is 9.66. The van der Waals surface area contributed by atoms with Crippen LogP contribution in [-0.2, 0) is 0 Å². The van der Waals surface area contributed by atoms with Gasteiger partial charge in [-0.05, 0) is 38.3 Å². The first kappa shape index (κ1) is 17.2. The van der Waals surface area contributed by atoms with Gasteiger partial charge in [-0.15, -0.1) is 11.6 Å². The molecule has 1 aromatic rings. The van der Waals surface area contributed by atoms with Gasteiger partial charge in [0, 0.05) is 35.2 Å². The Kier molecular flexibility index (Phi) is 5.45. The zero-order valence-corrected chi connectivity index (χ0v) is 14.5. The number of hydrogen-bond donors (Lipinski definition) is 1. The molecule has 0 aromatic heterocycles. The Balaban J connectivity index is 2.51. The van der Waals surface area contributed by atoms with Crippen LogP contribution in [0.2, 0.25) is 5.02 Å². The van der Waals surface area contributed by atoms with Gasteiger partial charge in [0.1, 0.15) is 5.75 Å². The Morgan fingerprint density at radius 3 is 2.77 bits per heavy atom. The third kappa shape index (κ3) is 3.28. The van der Waals surface area contributed by atoms with Gasteiger partial charge in [-0.1, -0.05) is 11.6 Å². The molecular weight excluding hydrogens is 325 g/mol. The van der Waals surface area contributed by atoms with Gasteiger partial charge in [-0.2, -0.15) is 0 Å². The summed E-state index contributed by atoms with van der Waals surface area (Å²) in [5.41, 5.74) is 2.78. The van der Waals surface area contributed by atoms with E-state index in [1.807, 2.05) is 19.9 Å². The normalized spacial score (nSPS) is 19.9. The van der Waals surface area contributed by atoms with Gasteiger partial charge in [-0.25, -0.2) is 4.79 Å². The van der Waals surface area contributed by atoms with E-state index >= 15 is 0 Å². The van der Waals surface area contributed by atoms with Crippen molar-refractivity contribution in [3.63, 3.8) is 0 Å². The van der Waals surface area contributed by atoms with Crippen molar-refractivity contribution in [1.82, 2.24) is 4.90 Å². The van der Waals surface area contributed by atoms with E-state index < -0.39 is 6.09 Å². The predicted molar refractivity (Wildman–Crippen MR) is 88.6 cm³/mol. The van der Waals surface area contributed by atoms with Crippen LogP contribution in [0.3, 0.4) is 0 Å². The highest BCUT2D eigenvalue weighted by atomic mass is 35.5. The van der Waals surface area contributed by atoms with E-state index in [0.717, 1.165) is 35.3 Å². The Bertz CT molecular complexity index is 575. The number of alkyl halides is 1. The van der Waals surface area contributed by atoms with E-state index in [1.165, 1.54) is 4.90 Å². The summed E-state index contributed by atoms with van der Waals surface area (Å²) in [6.45, 7) is 4.86. The number of rotatable bonds is 3. The fourth-order valence-corrected chi connectivity index (χ4v) is 3.55. The summed E-state index contributed by atoms with van der Waals surface area (Å²) in [6.07, 6.45) is 0.865. The fraction of sp³-hybridized carbons (Fsp3) is 0.562. The number of hydrogen-bond acceptors (Lipinski definition) is 2. The van der Waals surface area contributed by atoms with Crippen molar-refractivity contribution in [2.24, 2.45) is 0 Å². The summed E-state index contributed by atoms with van der Waals surface area (Å²) >= 11 is 12.6. The van der Waals surface area contributed by atoms with Gasteiger partial charge in [0.25, 0.3) is 0 Å². The molecule has 1 N–H and O–H groups in total. The zero-order chi connectivity index (χ0) is 16.4. The van der Waals surface area contributed by atoms with E-state index in [4.69, 9.17) is 27.9 Å². The third-order valence-corrected chi connectivity index (χ3v) is 4.91. The lowest BCUT2D eigenvalue weighted by atomic mass is 9.85. The quantitative estimate of drug-likeness (QED) is 0.799. The van der Waals surface area contributed by atoms with Crippen molar-refractivity contribution in [1.29, 1.82) is 0 Å². The van der Waals surface area contributed by atoms with E-state index in [0.29, 0.717) is 18.1 Å². The molecule has 1 heterocycles. The van der Waals surface area contributed by atoms with Crippen LogP contribution in [0.15, 0.2) is 6.07 Å². The summed E-state index contributed by atoms with van der Waals surface area (Å²) in [4.78, 5) is 12.7. The van der Waals surface area contributed by atoms with Crippen molar-refractivity contribution >= 4 is 29.3 Å². The van der Waals surface area contributed by atoms with Crippen LogP contribution in [0.25, 0.3) is 0 Å². The number of benzene rings is 1. The second-order valence-electron chi connectivity index (χ2n) is 5.70. The first-order valence-corrected chi connectivity index (χ1v) is 8.17. The maximum absolute atomic E-state index is 11.3. The molecule has 122 valence electrons. The first-order chi connectivity index (χ1) is 10.4. The van der Waals surface area contributed by atoms with Crippen molar-refractivity contribution in [2.45, 2.75) is 38.0 Å². The number of ether oxygens (including phenoxy) is 1. The molecule has 22 heavy (non-hydrogen) atoms. The minimum absolute atomic E-state index is 0.0765. The number of nitrogens with zero attached hydrogens (tertiary/aromatic N) is 1. The zero-order valence-electron chi connectivity index (χ0n) is 13.0. The van der Waals surface area contributed by atoms with Gasteiger partial charge in [0.05, 0.1) is 12.5 Å². The molecule has 1 aliphatic heterocycles. The molecule has 6 heteroatoms. The highest BCUT2D eigenvalue weighted by Crippen LogP contribution is 2.43. The average Bonchev–Trinajstić information content (AvgIpc) is 2.49. The lowest BCUT2D eigenvalue weighted by Crippen LogP contribution is -2.38. The van der Waals surface area contributed by atoms with Gasteiger partial charge in [-0.3, -0.25) is 0 Å². The number of amides is 1. The second kappa shape index (κ2) is 6.97. The molecule has 0 bridgehead atoms. The Hall–Kier alpha value is -1.13. The number of carboxylic acid groups (broad SMARTS) is 1. The fourth-order valence-electron chi connectivity index (χ4n) is 3.17. The smallest absolute Gasteiger partial charge is 0.407 e. The number of likely N-dealkylation sites (tertiary alicyclic amines) is 1. The van der Waals surface area contributed by atoms with Gasteiger partial charge >= 0.3 is 6.09 Å². The van der Waals surface area contributed by atoms with Crippen LogP contribution in [-0.4, -0.2) is 36.3 Å². The third-order valence-electron chi connectivity index (χ3n) is 4.28. The highest BCUT2D eigenvalue weighted by Gasteiger charge is 2.30. The summed E-state index contributed by atoms with van der Waals surface area (Å²) in [6, 6.07) is 1.84. The lowest BCUT2D eigenvalue weighted by molar-refractivity contribution is 0.130. The monoisotopic (exact) mass is 345 g/mol. The molecule has 1 saturated heterocycles. The van der Waals surface area contributed by atoms with Crippen LogP contribution in [0.5, 0.6) is 5.75 Å². The van der Waals surface area contributed by atoms with E-state index in [-0.39, 0.29) is 11.3 Å². The molecule has 1 fully saturated rings. The number of carbonyl (C=O) groups is 1. The molecule has 0 aliphatic carbocycles. The van der Waals surface area contributed by atoms with Crippen molar-refractivity contribution in [3.8, 4) is 5.75 Å². The largest absolute Gasteiger partial charge is 0.496 e. The molecule has 4 nitrogen and oxygen atoms in total. The van der Waals surface area contributed by atoms with Crippen LogP contribution in [0.1, 0.15) is 47.8 Å². The van der Waals surface area contributed by atoms with Gasteiger partial charge in [0.15, 0.2) is 0 Å². The molecule has 0 radical (unpaired) electrons. The van der Waals surface area contributed by atoms with Crippen molar-refractivity contribution in [3.05, 3.63) is 27.8 Å². The molecule has 0 spiro atoms. The second-order valence-corrected chi connectivity index (χ2v) is 6.77. The topological polar surface area (TPSA) is 49.8 Å². The molecule has 2 rings (SSSR count). The molecule has 2 atom stereocenters. The van der Waals surface area contributed by atoms with Crippen molar-refractivity contribution in [2.75, 3.05) is 20.2 Å². The standard InChI is InChI=1S/C16H21Cl2NO3/c1-9-13(18)7-12(10(2)17)15(22-3)14(9)11-5-4-6-19(8-11)16(20)21/h7,10-11H,4-6,8H2,1-3H3,(H,20,21). The first-order valence-electron chi connectivity index (χ1n) is 7.35. The highest BCUT2D eigenvalue weighted by molar-refractivity contribution is 6.31. The van der Waals surface area contributed by atoms with Gasteiger partial charge in [0.2, 0.25) is 0 Å². The van der Waals surface area contributed by atoms with E-state index in [2.05, 4.69) is 0 Å². The number of methoxy groups -OCH3 is 1. The van der Waals surface area contributed by atoms with Gasteiger partial charge < -0.3 is 14.7 Å². The Morgan fingerprint density at radius 1 is 1.55 bits per heavy atom. The van der Waals surface area contributed by atoms with Crippen LogP contribution in [0, 0.1) is 6.92 Å². The maximum atomic E-state index is 11.3. The summed E-state index contributed by atoms with van der Waals surface area (Å²) in [5.74, 6) is 0.814. The van der Waals surface area contributed by atoms with Crippen LogP contribution >= 0.6 is 23.2 Å². The maximum Gasteiger partial charge on any atom is 0.407 e. The summed E-state index contributed by atoms with van der Waals surface area (Å²) in [7, 11) is 1.62. The van der Waals surface area contributed by atoms with Crippen molar-refractivity contribution < 1.29 is 14.6 Å². The van der Waals surface area contributed by atoms with Crippen LogP contribution in [0.4, 0.5) is 4.79 Å². The number of halogens is 2. The lowest BCUT2D eigenvalue weighted by Gasteiger charge is -2.33. The molecular formula is C16H21Cl2NO3. The molecule has 1 amide bonds. The number of piperidine rings is 1. The molecule has 1 aliphatic rings. The minimum Gasteiger partial charge on any atom is -0.496 e. The molecule has 1 aromatic carbocycles.